The lowest BCUT2D eigenvalue weighted by atomic mass is 10.1. The highest BCUT2D eigenvalue weighted by Crippen LogP contribution is 2.24. The van der Waals surface area contributed by atoms with Crippen LogP contribution in [0.1, 0.15) is 43.9 Å². The first-order valence-corrected chi connectivity index (χ1v) is 12.6. The lowest BCUT2D eigenvalue weighted by Crippen LogP contribution is -2.41. The van der Waals surface area contributed by atoms with E-state index >= 15 is 0 Å². The largest absolute Gasteiger partial charge is 0.480 e. The fraction of sp³-hybridized carbons (Fsp3) is 0.185. The van der Waals surface area contributed by atoms with E-state index in [1.54, 1.807) is 30.1 Å². The molecule has 0 fully saturated rings. The van der Waals surface area contributed by atoms with Crippen LogP contribution in [0.5, 0.6) is 0 Å². The molecular weight excluding hydrogens is 546 g/mol. The maximum atomic E-state index is 12.8. The molecule has 0 aliphatic rings. The number of carboxylic acids is 2. The minimum Gasteiger partial charge on any atom is -0.480 e. The number of carboxylic acid groups (broad SMARTS) is 2. The third-order valence-electron chi connectivity index (χ3n) is 6.26. The van der Waals surface area contributed by atoms with Crippen LogP contribution in [0, 0.1) is 0 Å². The zero-order chi connectivity index (χ0) is 30.4. The number of aromatic carboxylic acids is 1. The molecule has 4 rings (SSSR count). The second-order valence-corrected chi connectivity index (χ2v) is 9.09. The average molecular weight is 574 g/mol. The normalized spacial score (nSPS) is 11.5. The van der Waals surface area contributed by atoms with Gasteiger partial charge in [-0.25, -0.2) is 19.6 Å². The number of hydrogen-bond donors (Lipinski definition) is 6. The highest BCUT2D eigenvalue weighted by Gasteiger charge is 2.21. The number of hydrogen-bond acceptors (Lipinski definition) is 11. The molecular formula is C27H27N9O6. The Morgan fingerprint density at radius 2 is 1.62 bits per heavy atom. The molecule has 0 saturated heterocycles. The van der Waals surface area contributed by atoms with Crippen LogP contribution in [0.2, 0.25) is 0 Å². The number of nitrogen functional groups attached to an aromatic ring is 2. The molecule has 0 saturated carbocycles. The van der Waals surface area contributed by atoms with Gasteiger partial charge in [0.1, 0.15) is 6.04 Å². The number of aliphatic carboxylic acids is 1. The van der Waals surface area contributed by atoms with E-state index in [9.17, 15) is 29.4 Å². The summed E-state index contributed by atoms with van der Waals surface area (Å²) in [6.07, 6.45) is 1.73. The second-order valence-electron chi connectivity index (χ2n) is 9.09. The monoisotopic (exact) mass is 573 g/mol. The number of anilines is 4. The lowest BCUT2D eigenvalue weighted by Gasteiger charge is -2.19. The summed E-state index contributed by atoms with van der Waals surface area (Å²) in [7, 11) is 1.73. The summed E-state index contributed by atoms with van der Waals surface area (Å²) in [5.41, 5.74) is 12.8. The van der Waals surface area contributed by atoms with Crippen LogP contribution in [0.15, 0.2) is 54.7 Å². The smallest absolute Gasteiger partial charge is 0.336 e. The van der Waals surface area contributed by atoms with Crippen molar-refractivity contribution in [3.8, 4) is 0 Å². The van der Waals surface area contributed by atoms with Crippen LogP contribution in [-0.2, 0) is 4.79 Å². The average Bonchev–Trinajstić information content (AvgIpc) is 2.97. The van der Waals surface area contributed by atoms with Crippen molar-refractivity contribution in [2.75, 3.05) is 30.0 Å². The van der Waals surface area contributed by atoms with E-state index in [-0.39, 0.29) is 59.0 Å². The van der Waals surface area contributed by atoms with E-state index in [4.69, 9.17) is 11.5 Å². The highest BCUT2D eigenvalue weighted by molar-refractivity contribution is 6.04. The van der Waals surface area contributed by atoms with Crippen molar-refractivity contribution < 1.29 is 29.4 Å². The van der Waals surface area contributed by atoms with E-state index in [0.29, 0.717) is 11.5 Å². The Balaban J connectivity index is 1.34. The van der Waals surface area contributed by atoms with Gasteiger partial charge in [-0.2, -0.15) is 9.97 Å². The molecule has 0 radical (unpaired) electrons. The van der Waals surface area contributed by atoms with Gasteiger partial charge in [0, 0.05) is 24.8 Å². The van der Waals surface area contributed by atoms with Crippen molar-refractivity contribution in [3.63, 3.8) is 0 Å². The molecule has 1 atom stereocenters. The molecule has 216 valence electrons. The molecule has 42 heavy (non-hydrogen) atoms. The maximum absolute atomic E-state index is 12.8. The summed E-state index contributed by atoms with van der Waals surface area (Å²) < 4.78 is 0. The highest BCUT2D eigenvalue weighted by atomic mass is 16.4. The van der Waals surface area contributed by atoms with Gasteiger partial charge in [-0.15, -0.1) is 0 Å². The third kappa shape index (κ3) is 6.64. The van der Waals surface area contributed by atoms with Crippen LogP contribution in [0.4, 0.5) is 23.3 Å². The van der Waals surface area contributed by atoms with E-state index < -0.39 is 29.8 Å². The molecule has 15 nitrogen and oxygen atoms in total. The van der Waals surface area contributed by atoms with E-state index in [2.05, 4.69) is 30.6 Å². The number of amides is 2. The SMILES string of the molecule is CN(c1ccc(C(=O)N[C@@H](CCCNC(=O)c2ccccc2C(=O)O)C(=O)O)cc1)c1cnc2nc(N)nc(N)c2n1. The van der Waals surface area contributed by atoms with Crippen molar-refractivity contribution in [1.82, 2.24) is 30.6 Å². The molecule has 15 heteroatoms. The van der Waals surface area contributed by atoms with E-state index in [0.717, 1.165) is 0 Å². The minimum absolute atomic E-state index is 0.00169. The fourth-order valence-corrected chi connectivity index (χ4v) is 4.04. The zero-order valence-corrected chi connectivity index (χ0v) is 22.3. The molecule has 0 spiro atoms. The maximum Gasteiger partial charge on any atom is 0.336 e. The van der Waals surface area contributed by atoms with Crippen LogP contribution in [0.3, 0.4) is 0 Å². The summed E-state index contributed by atoms with van der Waals surface area (Å²) in [5.74, 6) is -3.14. The number of carbonyl (C=O) groups is 4. The standard InChI is InChI=1S/C27H27N9O6/c1-36(19-13-31-22-20(33-19)21(28)34-27(29)35-22)15-10-8-14(9-11-15)23(37)32-18(26(41)42)7-4-12-30-24(38)16-5-2-3-6-17(16)25(39)40/h2-3,5-6,8-11,13,18H,4,7,12H2,1H3,(H,30,38)(H,32,37)(H,39,40)(H,41,42)(H4,28,29,31,34,35)/t18-/m0/s1. The number of rotatable bonds is 11. The third-order valence-corrected chi connectivity index (χ3v) is 6.26. The fourth-order valence-electron chi connectivity index (χ4n) is 4.04. The topological polar surface area (TPSA) is 240 Å². The number of aromatic nitrogens is 4. The number of nitrogens with one attached hydrogen (secondary N) is 2. The number of benzene rings is 2. The Bertz CT molecular complexity index is 1660. The lowest BCUT2D eigenvalue weighted by molar-refractivity contribution is -0.139. The molecule has 0 aliphatic heterocycles. The van der Waals surface area contributed by atoms with Gasteiger partial charge < -0.3 is 37.2 Å². The van der Waals surface area contributed by atoms with Crippen LogP contribution in [0.25, 0.3) is 11.2 Å². The predicted octanol–water partition coefficient (Wildman–Crippen LogP) is 1.44. The summed E-state index contributed by atoms with van der Waals surface area (Å²) >= 11 is 0. The Morgan fingerprint density at radius 1 is 0.929 bits per heavy atom. The molecule has 0 aliphatic carbocycles. The van der Waals surface area contributed by atoms with Gasteiger partial charge in [0.15, 0.2) is 22.8 Å². The number of nitrogens with zero attached hydrogens (tertiary/aromatic N) is 5. The number of carbonyl (C=O) groups excluding carboxylic acids is 2. The van der Waals surface area contributed by atoms with Crippen molar-refractivity contribution in [2.24, 2.45) is 0 Å². The first-order valence-electron chi connectivity index (χ1n) is 12.6. The van der Waals surface area contributed by atoms with Gasteiger partial charge in [-0.3, -0.25) is 9.59 Å². The molecule has 0 unspecified atom stereocenters. The Kier molecular flexibility index (Phi) is 8.70. The summed E-state index contributed by atoms with van der Waals surface area (Å²) in [5, 5.41) is 23.9. The molecule has 4 aromatic rings. The van der Waals surface area contributed by atoms with E-state index in [1.165, 1.54) is 36.5 Å². The van der Waals surface area contributed by atoms with Gasteiger partial charge in [0.05, 0.1) is 17.3 Å². The summed E-state index contributed by atoms with van der Waals surface area (Å²) in [4.78, 5) is 66.5. The predicted molar refractivity (Wildman–Crippen MR) is 152 cm³/mol. The summed E-state index contributed by atoms with van der Waals surface area (Å²) in [6.45, 7) is 0.0797. The van der Waals surface area contributed by atoms with Crippen molar-refractivity contribution in [3.05, 3.63) is 71.4 Å². The van der Waals surface area contributed by atoms with Gasteiger partial charge in [-0.05, 0) is 49.2 Å². The van der Waals surface area contributed by atoms with Gasteiger partial charge in [0.2, 0.25) is 5.95 Å². The van der Waals surface area contributed by atoms with Crippen LogP contribution < -0.4 is 27.0 Å². The molecule has 2 amide bonds. The van der Waals surface area contributed by atoms with Crippen molar-refractivity contribution in [2.45, 2.75) is 18.9 Å². The zero-order valence-electron chi connectivity index (χ0n) is 22.3. The minimum atomic E-state index is -1.23. The Hall–Kier alpha value is -5.86. The van der Waals surface area contributed by atoms with Gasteiger partial charge in [-0.1, -0.05) is 12.1 Å². The van der Waals surface area contributed by atoms with Crippen molar-refractivity contribution >= 4 is 58.2 Å². The first kappa shape index (κ1) is 29.1. The molecule has 2 heterocycles. The quantitative estimate of drug-likeness (QED) is 0.139. The Labute approximate surface area is 238 Å². The molecule has 0 bridgehead atoms. The van der Waals surface area contributed by atoms with Crippen molar-refractivity contribution in [1.29, 1.82) is 0 Å². The Morgan fingerprint density at radius 3 is 2.29 bits per heavy atom. The first-order chi connectivity index (χ1) is 20.0. The van der Waals surface area contributed by atoms with Crippen LogP contribution in [-0.4, -0.2) is 73.5 Å². The van der Waals surface area contributed by atoms with E-state index in [1.807, 2.05) is 0 Å². The number of fused-ring (bicyclic) bond motifs is 1. The molecule has 2 aromatic carbocycles. The van der Waals surface area contributed by atoms with Crippen LogP contribution >= 0.6 is 0 Å². The van der Waals surface area contributed by atoms with Gasteiger partial charge >= 0.3 is 11.9 Å². The summed E-state index contributed by atoms with van der Waals surface area (Å²) in [6, 6.07) is 10.9. The number of nitrogens with two attached hydrogens (primary N) is 2. The van der Waals surface area contributed by atoms with Gasteiger partial charge in [0.25, 0.3) is 11.8 Å². The second kappa shape index (κ2) is 12.5. The molecule has 2 aromatic heterocycles. The molecule has 8 N–H and O–H groups in total.